The van der Waals surface area contributed by atoms with Crippen molar-refractivity contribution in [1.29, 1.82) is 0 Å². The monoisotopic (exact) mass is 441 g/mol. The maximum atomic E-state index is 12.3. The van der Waals surface area contributed by atoms with Crippen molar-refractivity contribution in [2.45, 2.75) is 0 Å². The average molecular weight is 442 g/mol. The first-order chi connectivity index (χ1) is 13.4. The van der Waals surface area contributed by atoms with Gasteiger partial charge in [0.15, 0.2) is 0 Å². The van der Waals surface area contributed by atoms with Crippen LogP contribution >= 0.6 is 0 Å². The quantitative estimate of drug-likeness (QED) is 0.511. The molecule has 10 heteroatoms. The summed E-state index contributed by atoms with van der Waals surface area (Å²) in [5.74, 6) is 0.0709. The van der Waals surface area contributed by atoms with Crippen LogP contribution in [-0.2, 0) is 21.1 Å². The molecule has 0 aliphatic rings. The topological polar surface area (TPSA) is 93.7 Å². The number of nitrogens with zero attached hydrogens (tertiary/aromatic N) is 3. The van der Waals surface area contributed by atoms with Gasteiger partial charge in [-0.15, -0.1) is 0 Å². The minimum absolute atomic E-state index is 0.0236. The molecule has 0 amide bonds. The number of rotatable bonds is 6. The number of aromatic nitrogens is 3. The van der Waals surface area contributed by atoms with Crippen molar-refractivity contribution in [3.05, 3.63) is 86.1 Å². The summed E-state index contributed by atoms with van der Waals surface area (Å²) in [4.78, 5) is 36.8. The van der Waals surface area contributed by atoms with Gasteiger partial charge in [-0.1, -0.05) is 0 Å². The summed E-state index contributed by atoms with van der Waals surface area (Å²) in [5.41, 5.74) is -1.15. The second-order valence-electron chi connectivity index (χ2n) is 6.01. The Labute approximate surface area is 166 Å². The van der Waals surface area contributed by atoms with Crippen molar-refractivity contribution in [1.82, 2.24) is 13.7 Å². The normalized spacial score (nSPS) is 10.4. The van der Waals surface area contributed by atoms with Gasteiger partial charge in [-0.05, 0) is 0 Å². The summed E-state index contributed by atoms with van der Waals surface area (Å²) in [7, 11) is 4.75. The SMILES string of the molecule is Cn1cccc([O][Ga]([O]c2cccn(C)c2=O)[O]c2cccn(C)c2=O)c1=O. The minimum atomic E-state index is -3.78. The molecule has 0 saturated carbocycles. The first-order valence-electron chi connectivity index (χ1n) is 8.33. The summed E-state index contributed by atoms with van der Waals surface area (Å²) in [6.45, 7) is 0. The van der Waals surface area contributed by atoms with Crippen molar-refractivity contribution >= 4 is 17.3 Å². The molecular weight excluding hydrogens is 424 g/mol. The third-order valence-corrected chi connectivity index (χ3v) is 6.74. The summed E-state index contributed by atoms with van der Waals surface area (Å²) < 4.78 is 21.2. The van der Waals surface area contributed by atoms with E-state index >= 15 is 0 Å². The fraction of sp³-hybridized carbons (Fsp3) is 0.167. The molecule has 0 aromatic carbocycles. The average Bonchev–Trinajstić information content (AvgIpc) is 2.66. The van der Waals surface area contributed by atoms with Crippen molar-refractivity contribution in [3.63, 3.8) is 0 Å². The van der Waals surface area contributed by atoms with E-state index in [9.17, 15) is 14.4 Å². The van der Waals surface area contributed by atoms with Gasteiger partial charge in [0.2, 0.25) is 0 Å². The van der Waals surface area contributed by atoms with E-state index in [4.69, 9.17) is 10.6 Å². The van der Waals surface area contributed by atoms with Gasteiger partial charge in [-0.3, -0.25) is 0 Å². The molecule has 28 heavy (non-hydrogen) atoms. The van der Waals surface area contributed by atoms with Crippen LogP contribution < -0.4 is 27.3 Å². The molecule has 0 fully saturated rings. The zero-order valence-electron chi connectivity index (χ0n) is 15.6. The Morgan fingerprint density at radius 1 is 0.607 bits per heavy atom. The van der Waals surface area contributed by atoms with Gasteiger partial charge < -0.3 is 0 Å². The predicted octanol–water partition coefficient (Wildman–Crippen LogP) is 0.304. The molecular formula is C18H18GaN3O6. The van der Waals surface area contributed by atoms with E-state index in [1.54, 1.807) is 57.9 Å². The van der Waals surface area contributed by atoms with Gasteiger partial charge in [0, 0.05) is 0 Å². The molecule has 0 unspecified atom stereocenters. The Hall–Kier alpha value is -3.11. The Kier molecular flexibility index (Phi) is 5.80. The van der Waals surface area contributed by atoms with Crippen LogP contribution in [0.2, 0.25) is 0 Å². The molecule has 144 valence electrons. The molecule has 3 aromatic rings. The first-order valence-corrected chi connectivity index (χ1v) is 11.3. The van der Waals surface area contributed by atoms with Gasteiger partial charge in [-0.25, -0.2) is 0 Å². The Morgan fingerprint density at radius 2 is 0.893 bits per heavy atom. The van der Waals surface area contributed by atoms with Crippen LogP contribution in [0.25, 0.3) is 0 Å². The van der Waals surface area contributed by atoms with Crippen molar-refractivity contribution < 1.29 is 10.6 Å². The Balaban J connectivity index is 1.97. The third-order valence-electron chi connectivity index (χ3n) is 3.93. The molecule has 0 saturated heterocycles. The summed E-state index contributed by atoms with van der Waals surface area (Å²) in [5, 5.41) is 0. The molecule has 0 radical (unpaired) electrons. The number of hydrogen-bond acceptors (Lipinski definition) is 6. The molecule has 0 aliphatic carbocycles. The van der Waals surface area contributed by atoms with Crippen LogP contribution in [0.4, 0.5) is 0 Å². The Bertz CT molecular complexity index is 1020. The molecule has 3 aromatic heterocycles. The maximum absolute atomic E-state index is 12.3. The van der Waals surface area contributed by atoms with Gasteiger partial charge in [0.05, 0.1) is 0 Å². The van der Waals surface area contributed by atoms with Crippen molar-refractivity contribution in [3.8, 4) is 17.2 Å². The number of aryl methyl sites for hydroxylation is 3. The van der Waals surface area contributed by atoms with Crippen LogP contribution in [-0.4, -0.2) is 31.0 Å². The molecule has 3 heterocycles. The van der Waals surface area contributed by atoms with Crippen LogP contribution in [0.1, 0.15) is 0 Å². The summed E-state index contributed by atoms with van der Waals surface area (Å²) in [6, 6.07) is 9.37. The molecule has 0 bridgehead atoms. The van der Waals surface area contributed by atoms with Crippen LogP contribution in [0.5, 0.6) is 17.2 Å². The van der Waals surface area contributed by atoms with Crippen LogP contribution in [0.15, 0.2) is 69.4 Å². The molecule has 9 nitrogen and oxygen atoms in total. The molecule has 3 rings (SSSR count). The molecule has 0 atom stereocenters. The standard InChI is InChI=1S/3C6H7NO2.Ga/c3*1-7-4-2-3-5(8)6(7)9;/h3*2-4,8H,1H3;/q;;;+3/p-3. The van der Waals surface area contributed by atoms with E-state index in [-0.39, 0.29) is 33.9 Å². The fourth-order valence-corrected chi connectivity index (χ4v) is 5.11. The van der Waals surface area contributed by atoms with E-state index in [1.165, 1.54) is 31.9 Å². The summed E-state index contributed by atoms with van der Waals surface area (Å²) >= 11 is -3.78. The number of hydrogen-bond donors (Lipinski definition) is 0. The van der Waals surface area contributed by atoms with Crippen LogP contribution in [0, 0.1) is 0 Å². The van der Waals surface area contributed by atoms with Gasteiger partial charge in [-0.2, -0.15) is 0 Å². The second kappa shape index (κ2) is 8.27. The zero-order valence-corrected chi connectivity index (χ0v) is 18.0. The summed E-state index contributed by atoms with van der Waals surface area (Å²) in [6.07, 6.45) is 4.75. The van der Waals surface area contributed by atoms with Gasteiger partial charge in [0.1, 0.15) is 0 Å². The van der Waals surface area contributed by atoms with E-state index in [0.29, 0.717) is 0 Å². The Morgan fingerprint density at radius 3 is 1.18 bits per heavy atom. The van der Waals surface area contributed by atoms with E-state index in [2.05, 4.69) is 0 Å². The van der Waals surface area contributed by atoms with E-state index in [0.717, 1.165) is 0 Å². The van der Waals surface area contributed by atoms with Gasteiger partial charge in [0.25, 0.3) is 0 Å². The molecule has 0 spiro atoms. The van der Waals surface area contributed by atoms with Gasteiger partial charge >= 0.3 is 166 Å². The first kappa shape index (κ1) is 19.6. The molecule has 0 aliphatic heterocycles. The zero-order chi connectivity index (χ0) is 20.3. The third kappa shape index (κ3) is 4.23. The fourth-order valence-electron chi connectivity index (χ4n) is 2.37. The van der Waals surface area contributed by atoms with Crippen LogP contribution in [0.3, 0.4) is 0 Å². The number of pyridine rings is 3. The predicted molar refractivity (Wildman–Crippen MR) is 103 cm³/mol. The van der Waals surface area contributed by atoms with Crippen molar-refractivity contribution in [2.75, 3.05) is 0 Å². The van der Waals surface area contributed by atoms with E-state index < -0.39 is 17.3 Å². The van der Waals surface area contributed by atoms with Crippen molar-refractivity contribution in [2.24, 2.45) is 21.1 Å². The second-order valence-corrected chi connectivity index (χ2v) is 8.70. The molecule has 0 N–H and O–H groups in total. The van der Waals surface area contributed by atoms with E-state index in [1.807, 2.05) is 0 Å².